The average molecular weight is 437 g/mol. The van der Waals surface area contributed by atoms with Crippen molar-refractivity contribution in [3.05, 3.63) is 64.8 Å². The SMILES string of the molecule is CNC(=O)c1ccccc1Nc1nc(Nc2ccc3c(c2)NC(=O)CCC3)ncc1Cl. The number of carbonyl (C=O) groups excluding carboxylic acids is 2. The molecule has 2 aromatic carbocycles. The van der Waals surface area contributed by atoms with E-state index < -0.39 is 0 Å². The van der Waals surface area contributed by atoms with Gasteiger partial charge in [0.1, 0.15) is 5.02 Å². The number of hydrogen-bond acceptors (Lipinski definition) is 6. The fourth-order valence-corrected chi connectivity index (χ4v) is 3.48. The molecule has 0 spiro atoms. The van der Waals surface area contributed by atoms with Crippen molar-refractivity contribution in [1.82, 2.24) is 15.3 Å². The second-order valence-corrected chi connectivity index (χ2v) is 7.45. The summed E-state index contributed by atoms with van der Waals surface area (Å²) in [7, 11) is 1.57. The van der Waals surface area contributed by atoms with Crippen LogP contribution in [-0.4, -0.2) is 28.8 Å². The van der Waals surface area contributed by atoms with Crippen molar-refractivity contribution in [2.75, 3.05) is 23.0 Å². The molecule has 0 atom stereocenters. The molecule has 2 heterocycles. The van der Waals surface area contributed by atoms with Gasteiger partial charge in [0.25, 0.3) is 5.91 Å². The van der Waals surface area contributed by atoms with Crippen LogP contribution in [0.15, 0.2) is 48.7 Å². The molecule has 1 aliphatic heterocycles. The third-order valence-corrected chi connectivity index (χ3v) is 5.16. The van der Waals surface area contributed by atoms with E-state index in [2.05, 4.69) is 31.2 Å². The van der Waals surface area contributed by atoms with E-state index in [9.17, 15) is 9.59 Å². The number of nitrogens with one attached hydrogen (secondary N) is 4. The van der Waals surface area contributed by atoms with Crippen LogP contribution in [0.25, 0.3) is 0 Å². The molecule has 31 heavy (non-hydrogen) atoms. The number of para-hydroxylation sites is 1. The Kier molecular flexibility index (Phi) is 5.99. The Hall–Kier alpha value is -3.65. The summed E-state index contributed by atoms with van der Waals surface area (Å²) in [6.07, 6.45) is 3.68. The summed E-state index contributed by atoms with van der Waals surface area (Å²) in [6.45, 7) is 0. The maximum absolute atomic E-state index is 12.1. The predicted molar refractivity (Wildman–Crippen MR) is 121 cm³/mol. The highest BCUT2D eigenvalue weighted by Crippen LogP contribution is 2.29. The zero-order valence-electron chi connectivity index (χ0n) is 16.8. The van der Waals surface area contributed by atoms with Crippen LogP contribution in [0, 0.1) is 0 Å². The topological polar surface area (TPSA) is 108 Å². The second kappa shape index (κ2) is 9.01. The van der Waals surface area contributed by atoms with Crippen LogP contribution in [0.4, 0.5) is 28.8 Å². The van der Waals surface area contributed by atoms with Gasteiger partial charge in [-0.25, -0.2) is 4.98 Å². The summed E-state index contributed by atoms with van der Waals surface area (Å²) in [4.78, 5) is 32.7. The van der Waals surface area contributed by atoms with Gasteiger partial charge in [0.15, 0.2) is 5.82 Å². The maximum atomic E-state index is 12.1. The molecular weight excluding hydrogens is 416 g/mol. The van der Waals surface area contributed by atoms with Gasteiger partial charge in [-0.2, -0.15) is 4.98 Å². The molecule has 0 unspecified atom stereocenters. The summed E-state index contributed by atoms with van der Waals surface area (Å²) >= 11 is 6.28. The number of halogens is 1. The predicted octanol–water partition coefficient (Wildman–Crippen LogP) is 4.25. The first-order chi connectivity index (χ1) is 15.0. The molecule has 0 radical (unpaired) electrons. The van der Waals surface area contributed by atoms with Crippen LogP contribution >= 0.6 is 11.6 Å². The van der Waals surface area contributed by atoms with Gasteiger partial charge in [0.2, 0.25) is 11.9 Å². The average Bonchev–Trinajstić information content (AvgIpc) is 2.96. The number of rotatable bonds is 5. The van der Waals surface area contributed by atoms with E-state index in [4.69, 9.17) is 11.6 Å². The van der Waals surface area contributed by atoms with E-state index >= 15 is 0 Å². The largest absolute Gasteiger partial charge is 0.355 e. The van der Waals surface area contributed by atoms with Crippen molar-refractivity contribution in [1.29, 1.82) is 0 Å². The van der Waals surface area contributed by atoms with Crippen molar-refractivity contribution in [3.63, 3.8) is 0 Å². The van der Waals surface area contributed by atoms with E-state index in [0.29, 0.717) is 34.5 Å². The van der Waals surface area contributed by atoms with Crippen LogP contribution in [0.5, 0.6) is 0 Å². The number of hydrogen-bond donors (Lipinski definition) is 4. The molecule has 0 saturated heterocycles. The number of anilines is 5. The smallest absolute Gasteiger partial charge is 0.253 e. The van der Waals surface area contributed by atoms with Gasteiger partial charge in [-0.15, -0.1) is 0 Å². The Labute approximate surface area is 184 Å². The lowest BCUT2D eigenvalue weighted by atomic mass is 10.1. The number of aromatic nitrogens is 2. The molecule has 158 valence electrons. The molecule has 1 aromatic heterocycles. The molecule has 4 N–H and O–H groups in total. The molecule has 8 nitrogen and oxygen atoms in total. The highest BCUT2D eigenvalue weighted by molar-refractivity contribution is 6.33. The molecule has 2 amide bonds. The van der Waals surface area contributed by atoms with E-state index in [1.54, 1.807) is 25.2 Å². The molecule has 0 fully saturated rings. The summed E-state index contributed by atoms with van der Waals surface area (Å²) < 4.78 is 0. The highest BCUT2D eigenvalue weighted by Gasteiger charge is 2.15. The number of benzene rings is 2. The van der Waals surface area contributed by atoms with Gasteiger partial charge in [-0.05, 0) is 42.7 Å². The fraction of sp³-hybridized carbons (Fsp3) is 0.182. The first-order valence-corrected chi connectivity index (χ1v) is 10.2. The van der Waals surface area contributed by atoms with Crippen molar-refractivity contribution in [2.24, 2.45) is 0 Å². The van der Waals surface area contributed by atoms with Crippen LogP contribution in [0.1, 0.15) is 28.8 Å². The molecule has 0 saturated carbocycles. The summed E-state index contributed by atoms with van der Waals surface area (Å²) in [5.74, 6) is 0.473. The van der Waals surface area contributed by atoms with Gasteiger partial charge >= 0.3 is 0 Å². The minimum Gasteiger partial charge on any atom is -0.355 e. The van der Waals surface area contributed by atoms with Crippen molar-refractivity contribution >= 4 is 52.2 Å². The van der Waals surface area contributed by atoms with Crippen molar-refractivity contribution in [3.8, 4) is 0 Å². The minimum absolute atomic E-state index is 0.0138. The fourth-order valence-electron chi connectivity index (χ4n) is 3.34. The lowest BCUT2D eigenvalue weighted by molar-refractivity contribution is -0.116. The van der Waals surface area contributed by atoms with E-state index in [0.717, 1.165) is 29.8 Å². The number of carbonyl (C=O) groups is 2. The summed E-state index contributed by atoms with van der Waals surface area (Å²) in [6, 6.07) is 12.8. The Balaban J connectivity index is 1.58. The molecule has 3 aromatic rings. The van der Waals surface area contributed by atoms with E-state index in [1.165, 1.54) is 6.20 Å². The molecule has 1 aliphatic rings. The maximum Gasteiger partial charge on any atom is 0.253 e. The number of nitrogens with zero attached hydrogens (tertiary/aromatic N) is 2. The first kappa shape index (κ1) is 20.6. The van der Waals surface area contributed by atoms with E-state index in [1.807, 2.05) is 24.3 Å². The second-order valence-electron chi connectivity index (χ2n) is 7.04. The van der Waals surface area contributed by atoms with Crippen molar-refractivity contribution < 1.29 is 9.59 Å². The Morgan fingerprint density at radius 2 is 1.97 bits per heavy atom. The Morgan fingerprint density at radius 1 is 1.13 bits per heavy atom. The van der Waals surface area contributed by atoms with E-state index in [-0.39, 0.29) is 11.8 Å². The summed E-state index contributed by atoms with van der Waals surface area (Å²) in [5.41, 5.74) is 3.66. The lowest BCUT2D eigenvalue weighted by Gasteiger charge is -2.14. The standard InChI is InChI=1S/C22H21ClN6O2/c1-24-21(31)15-6-2-3-7-17(15)28-20-16(23)12-25-22(29-20)26-14-10-9-13-5-4-8-19(30)27-18(13)11-14/h2-3,6-7,9-12H,4-5,8H2,1H3,(H,24,31)(H,27,30)(H2,25,26,28,29). The van der Waals surface area contributed by atoms with Crippen LogP contribution in [0.2, 0.25) is 5.02 Å². The third kappa shape index (κ3) is 4.75. The van der Waals surface area contributed by atoms with Crippen molar-refractivity contribution in [2.45, 2.75) is 19.3 Å². The Morgan fingerprint density at radius 3 is 2.81 bits per heavy atom. The zero-order valence-corrected chi connectivity index (χ0v) is 17.6. The number of aryl methyl sites for hydroxylation is 1. The summed E-state index contributed by atoms with van der Waals surface area (Å²) in [5, 5.41) is 12.1. The zero-order chi connectivity index (χ0) is 21.8. The van der Waals surface area contributed by atoms with Gasteiger partial charge in [0.05, 0.1) is 17.4 Å². The van der Waals surface area contributed by atoms with Gasteiger partial charge < -0.3 is 21.3 Å². The Bertz CT molecular complexity index is 1150. The number of amides is 2. The normalized spacial score (nSPS) is 12.9. The van der Waals surface area contributed by atoms with Gasteiger partial charge in [0, 0.05) is 24.8 Å². The molecule has 0 bridgehead atoms. The quantitative estimate of drug-likeness (QED) is 0.476. The number of fused-ring (bicyclic) bond motifs is 1. The monoisotopic (exact) mass is 436 g/mol. The molecule has 9 heteroatoms. The van der Waals surface area contributed by atoms with Crippen LogP contribution < -0.4 is 21.3 Å². The third-order valence-electron chi connectivity index (χ3n) is 4.89. The minimum atomic E-state index is -0.223. The molecule has 0 aliphatic carbocycles. The highest BCUT2D eigenvalue weighted by atomic mass is 35.5. The van der Waals surface area contributed by atoms with Crippen LogP contribution in [-0.2, 0) is 11.2 Å². The molecular formula is C22H21ClN6O2. The van der Waals surface area contributed by atoms with Gasteiger partial charge in [-0.3, -0.25) is 9.59 Å². The first-order valence-electron chi connectivity index (χ1n) is 9.84. The lowest BCUT2D eigenvalue weighted by Crippen LogP contribution is -2.19. The molecule has 4 rings (SSSR count). The van der Waals surface area contributed by atoms with Crippen LogP contribution in [0.3, 0.4) is 0 Å². The van der Waals surface area contributed by atoms with Gasteiger partial charge in [-0.1, -0.05) is 29.8 Å².